The van der Waals surface area contributed by atoms with Gasteiger partial charge in [0.2, 0.25) is 0 Å². The van der Waals surface area contributed by atoms with Crippen molar-refractivity contribution in [2.75, 3.05) is 51.9 Å². The fraction of sp³-hybridized carbons (Fsp3) is 0.455. The standard InChI is InChI=1S/C22H31N5O3.HI/c1-17(30-20-8-4-7-19(14-20)28-3)15-25-22(23-2)26-16-18-6-5-9-24-21(18)27-10-12-29-13-11-27;/h4-9,14,17H,10-13,15-16H2,1-3H3,(H2,23,25,26);1H. The molecule has 0 aliphatic carbocycles. The molecular formula is C22H32IN5O3. The van der Waals surface area contributed by atoms with Gasteiger partial charge in [0, 0.05) is 44.5 Å². The van der Waals surface area contributed by atoms with Gasteiger partial charge in [0.05, 0.1) is 26.9 Å². The van der Waals surface area contributed by atoms with E-state index in [1.807, 2.05) is 43.5 Å². The van der Waals surface area contributed by atoms with Crippen LogP contribution in [0.25, 0.3) is 0 Å². The Kier molecular flexibility index (Phi) is 10.6. The van der Waals surface area contributed by atoms with Crippen molar-refractivity contribution in [1.29, 1.82) is 0 Å². The third-order valence-corrected chi connectivity index (χ3v) is 4.78. The Morgan fingerprint density at radius 1 is 1.19 bits per heavy atom. The first kappa shape index (κ1) is 25.0. The number of guanidine groups is 1. The molecule has 2 aromatic rings. The molecule has 1 aliphatic rings. The summed E-state index contributed by atoms with van der Waals surface area (Å²) < 4.78 is 16.7. The Bertz CT molecular complexity index is 830. The molecule has 3 rings (SSSR count). The van der Waals surface area contributed by atoms with E-state index in [4.69, 9.17) is 14.2 Å². The van der Waals surface area contributed by atoms with Crippen molar-refractivity contribution in [3.63, 3.8) is 0 Å². The molecule has 0 amide bonds. The quantitative estimate of drug-likeness (QED) is 0.302. The summed E-state index contributed by atoms with van der Waals surface area (Å²) in [6.45, 7) is 6.44. The third kappa shape index (κ3) is 7.73. The minimum Gasteiger partial charge on any atom is -0.497 e. The van der Waals surface area contributed by atoms with Crippen LogP contribution in [0.15, 0.2) is 47.6 Å². The Labute approximate surface area is 201 Å². The van der Waals surface area contributed by atoms with Crippen LogP contribution in [0.1, 0.15) is 12.5 Å². The number of rotatable bonds is 8. The van der Waals surface area contributed by atoms with Gasteiger partial charge in [-0.15, -0.1) is 24.0 Å². The summed E-state index contributed by atoms with van der Waals surface area (Å²) in [5.41, 5.74) is 1.13. The predicted octanol–water partition coefficient (Wildman–Crippen LogP) is 2.68. The maximum atomic E-state index is 5.96. The lowest BCUT2D eigenvalue weighted by Gasteiger charge is -2.29. The van der Waals surface area contributed by atoms with Crippen molar-refractivity contribution in [1.82, 2.24) is 15.6 Å². The van der Waals surface area contributed by atoms with E-state index in [0.717, 1.165) is 49.2 Å². The van der Waals surface area contributed by atoms with Crippen molar-refractivity contribution in [3.8, 4) is 11.5 Å². The number of aliphatic imine (C=N–C) groups is 1. The zero-order valence-corrected chi connectivity index (χ0v) is 20.7. The fourth-order valence-corrected chi connectivity index (χ4v) is 3.22. The Hall–Kier alpha value is -2.27. The van der Waals surface area contributed by atoms with Gasteiger partial charge < -0.3 is 29.7 Å². The Morgan fingerprint density at radius 3 is 2.71 bits per heavy atom. The SMILES string of the molecule is CN=C(NCc1cccnc1N1CCOCC1)NCC(C)Oc1cccc(OC)c1.I. The Morgan fingerprint density at radius 2 is 1.97 bits per heavy atom. The van der Waals surface area contributed by atoms with Gasteiger partial charge in [-0.1, -0.05) is 12.1 Å². The summed E-state index contributed by atoms with van der Waals surface area (Å²) in [4.78, 5) is 11.2. The third-order valence-electron chi connectivity index (χ3n) is 4.78. The van der Waals surface area contributed by atoms with Gasteiger partial charge in [-0.25, -0.2) is 4.98 Å². The van der Waals surface area contributed by atoms with Crippen LogP contribution in [-0.2, 0) is 11.3 Å². The zero-order valence-electron chi connectivity index (χ0n) is 18.3. The van der Waals surface area contributed by atoms with Gasteiger partial charge >= 0.3 is 0 Å². The topological polar surface area (TPSA) is 80.2 Å². The molecule has 0 saturated carbocycles. The molecule has 170 valence electrons. The number of halogens is 1. The lowest BCUT2D eigenvalue weighted by atomic mass is 10.2. The van der Waals surface area contributed by atoms with Crippen LogP contribution in [0.2, 0.25) is 0 Å². The molecule has 1 aromatic carbocycles. The summed E-state index contributed by atoms with van der Waals surface area (Å²) in [5.74, 6) is 3.26. The maximum Gasteiger partial charge on any atom is 0.191 e. The molecule has 1 aromatic heterocycles. The van der Waals surface area contributed by atoms with E-state index in [1.165, 1.54) is 0 Å². The van der Waals surface area contributed by atoms with Crippen LogP contribution in [-0.4, -0.2) is 64.1 Å². The first-order valence-electron chi connectivity index (χ1n) is 10.2. The largest absolute Gasteiger partial charge is 0.497 e. The highest BCUT2D eigenvalue weighted by Crippen LogP contribution is 2.20. The summed E-state index contributed by atoms with van der Waals surface area (Å²) in [5, 5.41) is 6.68. The monoisotopic (exact) mass is 541 g/mol. The molecular weight excluding hydrogens is 509 g/mol. The van der Waals surface area contributed by atoms with E-state index in [0.29, 0.717) is 19.0 Å². The summed E-state index contributed by atoms with van der Waals surface area (Å²) in [6.07, 6.45) is 1.79. The van der Waals surface area contributed by atoms with Crippen LogP contribution in [0, 0.1) is 0 Å². The number of benzene rings is 1. The summed E-state index contributed by atoms with van der Waals surface area (Å²) in [6, 6.07) is 11.6. The first-order valence-corrected chi connectivity index (χ1v) is 10.2. The predicted molar refractivity (Wildman–Crippen MR) is 134 cm³/mol. The molecule has 1 atom stereocenters. The molecule has 8 nitrogen and oxygen atoms in total. The molecule has 0 bridgehead atoms. The number of morpholine rings is 1. The number of hydrogen-bond acceptors (Lipinski definition) is 6. The van der Waals surface area contributed by atoms with E-state index >= 15 is 0 Å². The first-order chi connectivity index (χ1) is 14.7. The smallest absolute Gasteiger partial charge is 0.191 e. The van der Waals surface area contributed by atoms with Gasteiger partial charge in [-0.2, -0.15) is 0 Å². The van der Waals surface area contributed by atoms with Gasteiger partial charge in [-0.3, -0.25) is 4.99 Å². The molecule has 9 heteroatoms. The van der Waals surface area contributed by atoms with Crippen molar-refractivity contribution in [2.45, 2.75) is 19.6 Å². The number of ether oxygens (including phenoxy) is 3. The fourth-order valence-electron chi connectivity index (χ4n) is 3.22. The lowest BCUT2D eigenvalue weighted by Crippen LogP contribution is -2.42. The Balaban J connectivity index is 0.00000341. The number of anilines is 1. The summed E-state index contributed by atoms with van der Waals surface area (Å²) in [7, 11) is 3.40. The molecule has 1 saturated heterocycles. The van der Waals surface area contributed by atoms with E-state index in [1.54, 1.807) is 14.2 Å². The van der Waals surface area contributed by atoms with Gasteiger partial charge in [-0.05, 0) is 25.1 Å². The van der Waals surface area contributed by atoms with Crippen molar-refractivity contribution in [3.05, 3.63) is 48.2 Å². The normalized spacial score (nSPS) is 14.9. The second-order valence-electron chi connectivity index (χ2n) is 7.00. The minimum absolute atomic E-state index is 0. The molecule has 0 spiro atoms. The second-order valence-corrected chi connectivity index (χ2v) is 7.00. The lowest BCUT2D eigenvalue weighted by molar-refractivity contribution is 0.122. The maximum absolute atomic E-state index is 5.96. The molecule has 1 unspecified atom stereocenters. The minimum atomic E-state index is -0.0436. The molecule has 31 heavy (non-hydrogen) atoms. The van der Waals surface area contributed by atoms with Crippen LogP contribution >= 0.6 is 24.0 Å². The number of nitrogens with one attached hydrogen (secondary N) is 2. The molecule has 0 radical (unpaired) electrons. The van der Waals surface area contributed by atoms with Gasteiger partial charge in [0.25, 0.3) is 0 Å². The molecule has 1 fully saturated rings. The van der Waals surface area contributed by atoms with Crippen LogP contribution < -0.4 is 25.0 Å². The van der Waals surface area contributed by atoms with Crippen LogP contribution in [0.5, 0.6) is 11.5 Å². The average Bonchev–Trinajstić information content (AvgIpc) is 2.80. The number of hydrogen-bond donors (Lipinski definition) is 2. The van der Waals surface area contributed by atoms with E-state index in [9.17, 15) is 0 Å². The number of methoxy groups -OCH3 is 1. The number of pyridine rings is 1. The van der Waals surface area contributed by atoms with E-state index in [2.05, 4.69) is 31.6 Å². The average molecular weight is 541 g/mol. The van der Waals surface area contributed by atoms with E-state index < -0.39 is 0 Å². The van der Waals surface area contributed by atoms with Gasteiger partial charge in [0.1, 0.15) is 23.4 Å². The van der Waals surface area contributed by atoms with Crippen LogP contribution in [0.4, 0.5) is 5.82 Å². The van der Waals surface area contributed by atoms with E-state index in [-0.39, 0.29) is 30.1 Å². The number of nitrogens with zero attached hydrogens (tertiary/aromatic N) is 3. The highest BCUT2D eigenvalue weighted by atomic mass is 127. The van der Waals surface area contributed by atoms with Crippen molar-refractivity contribution in [2.24, 2.45) is 4.99 Å². The number of aromatic nitrogens is 1. The second kappa shape index (κ2) is 13.2. The van der Waals surface area contributed by atoms with Gasteiger partial charge in [0.15, 0.2) is 5.96 Å². The molecule has 1 aliphatic heterocycles. The highest BCUT2D eigenvalue weighted by molar-refractivity contribution is 14.0. The molecule has 2 heterocycles. The summed E-state index contributed by atoms with van der Waals surface area (Å²) >= 11 is 0. The van der Waals surface area contributed by atoms with Crippen LogP contribution in [0.3, 0.4) is 0 Å². The molecule has 2 N–H and O–H groups in total. The van der Waals surface area contributed by atoms with Crippen molar-refractivity contribution < 1.29 is 14.2 Å². The van der Waals surface area contributed by atoms with Crippen molar-refractivity contribution >= 4 is 35.8 Å². The highest BCUT2D eigenvalue weighted by Gasteiger charge is 2.16. The zero-order chi connectivity index (χ0) is 21.2.